The molecule has 0 fully saturated rings. The number of amides is 1. The molecule has 35 heavy (non-hydrogen) atoms. The first kappa shape index (κ1) is 24.8. The first-order chi connectivity index (χ1) is 16.7. The van der Waals surface area contributed by atoms with Gasteiger partial charge in [0.2, 0.25) is 0 Å². The summed E-state index contributed by atoms with van der Waals surface area (Å²) in [5, 5.41) is 8.77. The summed E-state index contributed by atoms with van der Waals surface area (Å²) in [6.07, 6.45) is 0. The SMILES string of the molecule is Cc1ccc(C)c(OCc2cccc(C(=O)Nc3c(C)nn(Cc4c(Cl)cccc4Cl)c3C)c2)c1. The van der Waals surface area contributed by atoms with Gasteiger partial charge in [-0.1, -0.05) is 53.5 Å². The Morgan fingerprint density at radius 1 is 0.971 bits per heavy atom. The number of halogens is 2. The molecule has 1 heterocycles. The lowest BCUT2D eigenvalue weighted by Crippen LogP contribution is -2.14. The van der Waals surface area contributed by atoms with Gasteiger partial charge in [-0.25, -0.2) is 0 Å². The first-order valence-electron chi connectivity index (χ1n) is 11.3. The van der Waals surface area contributed by atoms with E-state index in [1.54, 1.807) is 22.9 Å². The maximum Gasteiger partial charge on any atom is 0.255 e. The highest BCUT2D eigenvalue weighted by molar-refractivity contribution is 6.36. The summed E-state index contributed by atoms with van der Waals surface area (Å²) < 4.78 is 7.81. The number of aromatic nitrogens is 2. The maximum atomic E-state index is 13.1. The Kier molecular flexibility index (Phi) is 7.48. The Bertz CT molecular complexity index is 1370. The number of carbonyl (C=O) groups is 1. The molecule has 1 aromatic heterocycles. The van der Waals surface area contributed by atoms with Crippen LogP contribution in [-0.4, -0.2) is 15.7 Å². The highest BCUT2D eigenvalue weighted by Crippen LogP contribution is 2.28. The number of nitrogens with one attached hydrogen (secondary N) is 1. The summed E-state index contributed by atoms with van der Waals surface area (Å²) in [4.78, 5) is 13.1. The maximum absolute atomic E-state index is 13.1. The van der Waals surface area contributed by atoms with Crippen molar-refractivity contribution < 1.29 is 9.53 Å². The first-order valence-corrected chi connectivity index (χ1v) is 12.1. The molecule has 180 valence electrons. The van der Waals surface area contributed by atoms with Gasteiger partial charge in [0.1, 0.15) is 12.4 Å². The van der Waals surface area contributed by atoms with Gasteiger partial charge in [-0.15, -0.1) is 0 Å². The lowest BCUT2D eigenvalue weighted by Gasteiger charge is -2.12. The minimum Gasteiger partial charge on any atom is -0.489 e. The molecule has 0 atom stereocenters. The average Bonchev–Trinajstić information content (AvgIpc) is 3.09. The van der Waals surface area contributed by atoms with Crippen molar-refractivity contribution in [2.45, 2.75) is 40.8 Å². The zero-order valence-electron chi connectivity index (χ0n) is 20.2. The van der Waals surface area contributed by atoms with Crippen molar-refractivity contribution in [3.63, 3.8) is 0 Å². The smallest absolute Gasteiger partial charge is 0.255 e. The Morgan fingerprint density at radius 3 is 2.43 bits per heavy atom. The summed E-state index contributed by atoms with van der Waals surface area (Å²) in [5.74, 6) is 0.636. The van der Waals surface area contributed by atoms with Gasteiger partial charge in [-0.3, -0.25) is 9.48 Å². The molecule has 0 radical (unpaired) electrons. The number of anilines is 1. The summed E-state index contributed by atoms with van der Waals surface area (Å²) in [7, 11) is 0. The van der Waals surface area contributed by atoms with Crippen LogP contribution in [0.2, 0.25) is 10.0 Å². The fourth-order valence-corrected chi connectivity index (χ4v) is 4.39. The van der Waals surface area contributed by atoms with Crippen molar-refractivity contribution in [3.8, 4) is 5.75 Å². The molecule has 0 bridgehead atoms. The fraction of sp³-hybridized carbons (Fsp3) is 0.214. The Labute approximate surface area is 215 Å². The van der Waals surface area contributed by atoms with Crippen LogP contribution < -0.4 is 10.1 Å². The molecule has 3 aromatic carbocycles. The van der Waals surface area contributed by atoms with Crippen molar-refractivity contribution >= 4 is 34.8 Å². The van der Waals surface area contributed by atoms with Gasteiger partial charge in [0.15, 0.2) is 0 Å². The predicted octanol–water partition coefficient (Wildman–Crippen LogP) is 7.30. The standard InChI is InChI=1S/C28H27Cl2N3O2/c1-17-11-12-18(2)26(13-17)35-16-21-7-5-8-22(14-21)28(34)31-27-19(3)32-33(20(27)4)15-23-24(29)9-6-10-25(23)30/h5-14H,15-16H2,1-4H3,(H,31,34). The Balaban J connectivity index is 1.49. The van der Waals surface area contributed by atoms with E-state index < -0.39 is 0 Å². The van der Waals surface area contributed by atoms with Crippen molar-refractivity contribution in [3.05, 3.63) is 110 Å². The second-order valence-electron chi connectivity index (χ2n) is 8.62. The lowest BCUT2D eigenvalue weighted by molar-refractivity contribution is 0.102. The van der Waals surface area contributed by atoms with Crippen molar-refractivity contribution in [2.24, 2.45) is 0 Å². The molecule has 4 aromatic rings. The minimum absolute atomic E-state index is 0.208. The Hall–Kier alpha value is -3.28. The van der Waals surface area contributed by atoms with Crippen molar-refractivity contribution in [2.75, 3.05) is 5.32 Å². The molecular weight excluding hydrogens is 481 g/mol. The van der Waals surface area contributed by atoms with Crippen LogP contribution in [0, 0.1) is 27.7 Å². The van der Waals surface area contributed by atoms with Gasteiger partial charge in [-0.05, 0) is 74.7 Å². The third-order valence-electron chi connectivity index (χ3n) is 5.92. The molecule has 0 aliphatic rings. The summed E-state index contributed by atoms with van der Waals surface area (Å²) in [5.41, 5.74) is 6.68. The van der Waals surface area contributed by atoms with Gasteiger partial charge >= 0.3 is 0 Å². The largest absolute Gasteiger partial charge is 0.489 e. The molecule has 1 amide bonds. The molecule has 4 rings (SSSR count). The average molecular weight is 508 g/mol. The monoisotopic (exact) mass is 507 g/mol. The topological polar surface area (TPSA) is 56.1 Å². The van der Waals surface area contributed by atoms with E-state index in [0.717, 1.165) is 33.7 Å². The van der Waals surface area contributed by atoms with Crippen LogP contribution in [0.5, 0.6) is 5.75 Å². The van der Waals surface area contributed by atoms with Crippen LogP contribution in [0.15, 0.2) is 60.7 Å². The van der Waals surface area contributed by atoms with Gasteiger partial charge < -0.3 is 10.1 Å². The molecular formula is C28H27Cl2N3O2. The molecule has 0 aliphatic heterocycles. The van der Waals surface area contributed by atoms with Crippen LogP contribution in [0.3, 0.4) is 0 Å². The number of benzene rings is 3. The number of carbonyl (C=O) groups excluding carboxylic acids is 1. The predicted molar refractivity (Wildman–Crippen MR) is 142 cm³/mol. The van der Waals surface area contributed by atoms with E-state index in [2.05, 4.69) is 16.5 Å². The van der Waals surface area contributed by atoms with Crippen molar-refractivity contribution in [1.29, 1.82) is 0 Å². The van der Waals surface area contributed by atoms with Gasteiger partial charge in [0.05, 0.1) is 23.6 Å². The quantitative estimate of drug-likeness (QED) is 0.285. The third kappa shape index (κ3) is 5.69. The second kappa shape index (κ2) is 10.5. The molecule has 0 aliphatic carbocycles. The van der Waals surface area contributed by atoms with Crippen LogP contribution >= 0.6 is 23.2 Å². The van der Waals surface area contributed by atoms with E-state index in [-0.39, 0.29) is 5.91 Å². The molecule has 5 nitrogen and oxygen atoms in total. The zero-order valence-corrected chi connectivity index (χ0v) is 21.7. The fourth-order valence-electron chi connectivity index (χ4n) is 3.88. The van der Waals surface area contributed by atoms with Gasteiger partial charge in [0, 0.05) is 21.2 Å². The molecule has 1 N–H and O–H groups in total. The van der Waals surface area contributed by atoms with E-state index in [1.807, 2.05) is 64.1 Å². The van der Waals surface area contributed by atoms with Crippen molar-refractivity contribution in [1.82, 2.24) is 9.78 Å². The third-order valence-corrected chi connectivity index (χ3v) is 6.62. The lowest BCUT2D eigenvalue weighted by atomic mass is 10.1. The number of rotatable bonds is 7. The molecule has 0 saturated carbocycles. The van der Waals surface area contributed by atoms with Crippen LogP contribution in [-0.2, 0) is 13.2 Å². The number of nitrogens with zero attached hydrogens (tertiary/aromatic N) is 2. The molecule has 7 heteroatoms. The second-order valence-corrected chi connectivity index (χ2v) is 9.43. The highest BCUT2D eigenvalue weighted by atomic mass is 35.5. The number of hydrogen-bond acceptors (Lipinski definition) is 3. The summed E-state index contributed by atoms with van der Waals surface area (Å²) in [6.45, 7) is 8.61. The zero-order chi connectivity index (χ0) is 25.1. The molecule has 0 saturated heterocycles. The van der Waals surface area contributed by atoms with Gasteiger partial charge in [-0.2, -0.15) is 5.10 Å². The van der Waals surface area contributed by atoms with Crippen LogP contribution in [0.4, 0.5) is 5.69 Å². The van der Waals surface area contributed by atoms with E-state index in [1.165, 1.54) is 0 Å². The number of aryl methyl sites for hydroxylation is 3. The minimum atomic E-state index is -0.208. The van der Waals surface area contributed by atoms with E-state index >= 15 is 0 Å². The highest BCUT2D eigenvalue weighted by Gasteiger charge is 2.17. The van der Waals surface area contributed by atoms with Gasteiger partial charge in [0.25, 0.3) is 5.91 Å². The van der Waals surface area contributed by atoms with E-state index in [0.29, 0.717) is 40.1 Å². The molecule has 0 spiro atoms. The Morgan fingerprint density at radius 2 is 1.69 bits per heavy atom. The summed E-state index contributed by atoms with van der Waals surface area (Å²) >= 11 is 12.7. The van der Waals surface area contributed by atoms with Crippen LogP contribution in [0.1, 0.15) is 44.0 Å². The number of ether oxygens (including phenoxy) is 1. The normalized spacial score (nSPS) is 10.9. The van der Waals surface area contributed by atoms with E-state index in [4.69, 9.17) is 27.9 Å². The van der Waals surface area contributed by atoms with E-state index in [9.17, 15) is 4.79 Å². The number of hydrogen-bond donors (Lipinski definition) is 1. The van der Waals surface area contributed by atoms with Crippen LogP contribution in [0.25, 0.3) is 0 Å². The molecule has 0 unspecified atom stereocenters. The summed E-state index contributed by atoms with van der Waals surface area (Å²) in [6, 6.07) is 19.0.